The van der Waals surface area contributed by atoms with Crippen molar-refractivity contribution in [1.29, 1.82) is 0 Å². The third-order valence-corrected chi connectivity index (χ3v) is 2.66. The number of nitrogens with two attached hydrogens (primary N) is 1. The van der Waals surface area contributed by atoms with E-state index in [0.29, 0.717) is 10.9 Å². The van der Waals surface area contributed by atoms with E-state index in [1.165, 1.54) is 16.7 Å². The molecule has 0 bridgehead atoms. The maximum Gasteiger partial charge on any atom is 0.255 e. The molecule has 0 spiro atoms. The molecule has 1 heterocycles. The molecule has 0 aromatic heterocycles. The van der Waals surface area contributed by atoms with E-state index in [-0.39, 0.29) is 5.91 Å². The Morgan fingerprint density at radius 3 is 2.70 bits per heavy atom. The predicted octanol–water partition coefficient (Wildman–Crippen LogP) is 0.151. The molecule has 0 radical (unpaired) electrons. The third-order valence-electron chi connectivity index (χ3n) is 1.27. The lowest BCUT2D eigenvalue weighted by atomic mass is 10.5. The highest BCUT2D eigenvalue weighted by atomic mass is 32.2. The van der Waals surface area contributed by atoms with Crippen LogP contribution in [0.3, 0.4) is 0 Å². The first-order valence-corrected chi connectivity index (χ1v) is 4.23. The molecule has 2 N–H and O–H groups in total. The fraction of sp³-hybridized carbons (Fsp3) is 0.600. The third kappa shape index (κ3) is 1.16. The fourth-order valence-electron chi connectivity index (χ4n) is 0.751. The number of nitrogens with zero attached hydrogens (tertiary/aromatic N) is 1. The molecular weight excluding hydrogens is 168 g/mol. The van der Waals surface area contributed by atoms with Crippen molar-refractivity contribution in [2.45, 2.75) is 12.3 Å². The zero-order chi connectivity index (χ0) is 7.72. The Morgan fingerprint density at radius 2 is 2.50 bits per heavy atom. The maximum atomic E-state index is 11.0. The smallest absolute Gasteiger partial charge is 0.255 e. The first-order valence-electron chi connectivity index (χ1n) is 2.94. The van der Waals surface area contributed by atoms with Crippen molar-refractivity contribution in [2.75, 3.05) is 6.54 Å². The number of hydrogen-bond donors (Lipinski definition) is 1. The first kappa shape index (κ1) is 7.97. The molecule has 3 nitrogen and oxygen atoms in total. The number of likely N-dealkylation sites (N-methyl/N-ethyl adjacent to an activating group) is 1. The molecule has 1 unspecified atom stereocenters. The SMILES string of the molecule is CCN1C(=O)C(N)SC1=S. The van der Waals surface area contributed by atoms with Gasteiger partial charge >= 0.3 is 0 Å². The number of carbonyl (C=O) groups excluding carboxylic acids is 1. The van der Waals surface area contributed by atoms with E-state index >= 15 is 0 Å². The Labute approximate surface area is 68.9 Å². The van der Waals surface area contributed by atoms with Gasteiger partial charge in [0.2, 0.25) is 0 Å². The molecule has 0 saturated carbocycles. The van der Waals surface area contributed by atoms with Gasteiger partial charge in [0.05, 0.1) is 0 Å². The second-order valence-corrected chi connectivity index (χ2v) is 3.66. The van der Waals surface area contributed by atoms with Gasteiger partial charge in [-0.15, -0.1) is 0 Å². The van der Waals surface area contributed by atoms with Gasteiger partial charge in [0.1, 0.15) is 9.69 Å². The largest absolute Gasteiger partial charge is 0.311 e. The fourth-order valence-corrected chi connectivity index (χ4v) is 2.07. The second-order valence-electron chi connectivity index (χ2n) is 1.89. The van der Waals surface area contributed by atoms with Crippen LogP contribution >= 0.6 is 24.0 Å². The van der Waals surface area contributed by atoms with Crippen LogP contribution in [-0.4, -0.2) is 27.0 Å². The summed E-state index contributed by atoms with van der Waals surface area (Å²) in [6.07, 6.45) is 0. The molecule has 56 valence electrons. The average Bonchev–Trinajstić information content (AvgIpc) is 2.09. The summed E-state index contributed by atoms with van der Waals surface area (Å²) in [7, 11) is 0. The van der Waals surface area contributed by atoms with Gasteiger partial charge in [0.15, 0.2) is 0 Å². The summed E-state index contributed by atoms with van der Waals surface area (Å²) in [6, 6.07) is 0. The topological polar surface area (TPSA) is 46.3 Å². The quantitative estimate of drug-likeness (QED) is 0.578. The van der Waals surface area contributed by atoms with Crippen LogP contribution < -0.4 is 5.73 Å². The molecule has 0 aromatic carbocycles. The van der Waals surface area contributed by atoms with Crippen molar-refractivity contribution >= 4 is 34.2 Å². The first-order chi connectivity index (χ1) is 4.66. The van der Waals surface area contributed by atoms with Gasteiger partial charge in [0.25, 0.3) is 5.91 Å². The summed E-state index contributed by atoms with van der Waals surface area (Å²) in [5, 5.41) is -0.465. The minimum Gasteiger partial charge on any atom is -0.311 e. The number of carbonyl (C=O) groups is 1. The molecule has 1 atom stereocenters. The van der Waals surface area contributed by atoms with Crippen LogP contribution in [-0.2, 0) is 4.79 Å². The lowest BCUT2D eigenvalue weighted by molar-refractivity contribution is -0.125. The highest BCUT2D eigenvalue weighted by Crippen LogP contribution is 2.22. The summed E-state index contributed by atoms with van der Waals surface area (Å²) in [5.41, 5.74) is 5.42. The summed E-state index contributed by atoms with van der Waals surface area (Å²) in [4.78, 5) is 12.6. The summed E-state index contributed by atoms with van der Waals surface area (Å²) in [6.45, 7) is 2.50. The molecule has 1 fully saturated rings. The summed E-state index contributed by atoms with van der Waals surface area (Å²) in [5.74, 6) is -0.0718. The van der Waals surface area contributed by atoms with Crippen LogP contribution in [0.25, 0.3) is 0 Å². The molecule has 10 heavy (non-hydrogen) atoms. The molecule has 1 amide bonds. The van der Waals surface area contributed by atoms with Crippen LogP contribution in [0, 0.1) is 0 Å². The molecular formula is C5H8N2OS2. The van der Waals surface area contributed by atoms with E-state index in [1.807, 2.05) is 6.92 Å². The van der Waals surface area contributed by atoms with Gasteiger partial charge in [-0.3, -0.25) is 9.69 Å². The molecule has 1 saturated heterocycles. The zero-order valence-corrected chi connectivity index (χ0v) is 7.17. The lowest BCUT2D eigenvalue weighted by Gasteiger charge is -2.10. The van der Waals surface area contributed by atoms with Crippen molar-refractivity contribution in [3.8, 4) is 0 Å². The maximum absolute atomic E-state index is 11.0. The highest BCUT2D eigenvalue weighted by molar-refractivity contribution is 8.24. The summed E-state index contributed by atoms with van der Waals surface area (Å²) < 4.78 is 0.597. The molecule has 0 aliphatic carbocycles. The van der Waals surface area contributed by atoms with Gasteiger partial charge in [-0.2, -0.15) is 0 Å². The normalized spacial score (nSPS) is 26.2. The van der Waals surface area contributed by atoms with E-state index in [4.69, 9.17) is 18.0 Å². The number of hydrogen-bond acceptors (Lipinski definition) is 4. The van der Waals surface area contributed by atoms with E-state index in [0.717, 1.165) is 0 Å². The molecule has 1 rings (SSSR count). The van der Waals surface area contributed by atoms with Gasteiger partial charge in [-0.05, 0) is 6.92 Å². The Morgan fingerprint density at radius 1 is 1.90 bits per heavy atom. The van der Waals surface area contributed by atoms with Crippen molar-refractivity contribution in [3.05, 3.63) is 0 Å². The van der Waals surface area contributed by atoms with E-state index < -0.39 is 5.37 Å². The Hall–Kier alpha value is -0.130. The number of amides is 1. The molecule has 0 aromatic rings. The monoisotopic (exact) mass is 176 g/mol. The zero-order valence-electron chi connectivity index (χ0n) is 5.53. The molecule has 1 aliphatic rings. The van der Waals surface area contributed by atoms with Crippen LogP contribution in [0.5, 0.6) is 0 Å². The van der Waals surface area contributed by atoms with Crippen LogP contribution in [0.4, 0.5) is 0 Å². The van der Waals surface area contributed by atoms with E-state index in [2.05, 4.69) is 0 Å². The Kier molecular flexibility index (Phi) is 2.28. The average molecular weight is 176 g/mol. The Bertz CT molecular complexity index is 182. The second kappa shape index (κ2) is 2.86. The van der Waals surface area contributed by atoms with Crippen LogP contribution in [0.15, 0.2) is 0 Å². The van der Waals surface area contributed by atoms with Crippen molar-refractivity contribution in [2.24, 2.45) is 5.73 Å². The molecule has 5 heteroatoms. The standard InChI is InChI=1S/C5H8N2OS2/c1-2-7-4(8)3(6)10-5(7)9/h3H,2,6H2,1H3. The van der Waals surface area contributed by atoms with Crippen LogP contribution in [0.2, 0.25) is 0 Å². The van der Waals surface area contributed by atoms with Crippen molar-refractivity contribution in [3.63, 3.8) is 0 Å². The van der Waals surface area contributed by atoms with E-state index in [9.17, 15) is 4.79 Å². The van der Waals surface area contributed by atoms with Gasteiger partial charge in [-0.25, -0.2) is 0 Å². The van der Waals surface area contributed by atoms with Crippen molar-refractivity contribution < 1.29 is 4.79 Å². The predicted molar refractivity (Wildman–Crippen MR) is 45.6 cm³/mol. The lowest BCUT2D eigenvalue weighted by Crippen LogP contribution is -2.34. The minimum atomic E-state index is -0.465. The molecule has 1 aliphatic heterocycles. The van der Waals surface area contributed by atoms with Gasteiger partial charge in [-0.1, -0.05) is 24.0 Å². The van der Waals surface area contributed by atoms with Crippen molar-refractivity contribution in [1.82, 2.24) is 4.90 Å². The number of thiocarbonyl (C=S) groups is 1. The van der Waals surface area contributed by atoms with Gasteiger partial charge < -0.3 is 5.73 Å². The summed E-state index contributed by atoms with van der Waals surface area (Å²) >= 11 is 6.13. The van der Waals surface area contributed by atoms with E-state index in [1.54, 1.807) is 0 Å². The minimum absolute atomic E-state index is 0.0718. The number of thioether (sulfide) groups is 1. The van der Waals surface area contributed by atoms with Crippen LogP contribution in [0.1, 0.15) is 6.92 Å². The number of rotatable bonds is 1. The van der Waals surface area contributed by atoms with Gasteiger partial charge in [0, 0.05) is 6.54 Å². The Balaban J connectivity index is 2.74. The highest BCUT2D eigenvalue weighted by Gasteiger charge is 2.32.